The van der Waals surface area contributed by atoms with Gasteiger partial charge >= 0.3 is 0 Å². The molecule has 0 saturated heterocycles. The number of hydrogen-bond donors (Lipinski definition) is 2. The molecule has 0 saturated carbocycles. The third-order valence-corrected chi connectivity index (χ3v) is 1.70. The van der Waals surface area contributed by atoms with Gasteiger partial charge in [-0.15, -0.1) is 0 Å². The summed E-state index contributed by atoms with van der Waals surface area (Å²) >= 11 is 0. The number of aromatic amines is 1. The van der Waals surface area contributed by atoms with Gasteiger partial charge in [0.1, 0.15) is 0 Å². The molecule has 0 aliphatic carbocycles. The number of carbonyl (C=O) groups is 1. The lowest BCUT2D eigenvalue weighted by Gasteiger charge is -1.98. The van der Waals surface area contributed by atoms with Crippen molar-refractivity contribution in [2.75, 3.05) is 0 Å². The highest BCUT2D eigenvalue weighted by molar-refractivity contribution is 5.89. The van der Waals surface area contributed by atoms with Gasteiger partial charge in [-0.25, -0.2) is 4.98 Å². The summed E-state index contributed by atoms with van der Waals surface area (Å²) in [4.78, 5) is 17.6. The fourth-order valence-corrected chi connectivity index (χ4v) is 1.15. The van der Waals surface area contributed by atoms with Crippen molar-refractivity contribution in [1.82, 2.24) is 9.97 Å². The number of rotatable bonds is 2. The molecule has 1 aromatic rings. The quantitative estimate of drug-likeness (QED) is 0.688. The molecule has 66 valence electrons. The maximum absolute atomic E-state index is 10.7. The van der Waals surface area contributed by atoms with E-state index in [1.807, 2.05) is 20.8 Å². The molecule has 1 rings (SSSR count). The molecule has 0 aliphatic heterocycles. The van der Waals surface area contributed by atoms with Crippen LogP contribution in [0.3, 0.4) is 0 Å². The van der Waals surface area contributed by atoms with Crippen LogP contribution in [0.1, 0.15) is 41.8 Å². The first kappa shape index (κ1) is 8.77. The average Bonchev–Trinajstić information content (AvgIpc) is 2.30. The summed E-state index contributed by atoms with van der Waals surface area (Å²) in [6.07, 6.45) is 0. The molecule has 1 aromatic heterocycles. The second-order valence-corrected chi connectivity index (χ2v) is 3.11. The van der Waals surface area contributed by atoms with Crippen molar-refractivity contribution in [2.45, 2.75) is 26.7 Å². The number of nitrogens with one attached hydrogen (secondary N) is 1. The molecule has 0 bridgehead atoms. The highest BCUT2D eigenvalue weighted by atomic mass is 16.1. The van der Waals surface area contributed by atoms with Gasteiger partial charge in [0.15, 0.2) is 5.82 Å². The highest BCUT2D eigenvalue weighted by Gasteiger charge is 2.12. The van der Waals surface area contributed by atoms with Crippen LogP contribution in [-0.4, -0.2) is 15.9 Å². The first-order valence-corrected chi connectivity index (χ1v) is 3.88. The number of hydrogen-bond acceptors (Lipinski definition) is 2. The molecule has 0 aliphatic rings. The van der Waals surface area contributed by atoms with Crippen LogP contribution in [-0.2, 0) is 0 Å². The second-order valence-electron chi connectivity index (χ2n) is 3.11. The molecule has 0 aromatic carbocycles. The number of aryl methyl sites for hydroxylation is 1. The van der Waals surface area contributed by atoms with Crippen molar-refractivity contribution in [3.8, 4) is 0 Å². The molecule has 0 unspecified atom stereocenters. The van der Waals surface area contributed by atoms with Gasteiger partial charge in [-0.05, 0) is 12.8 Å². The molecule has 0 radical (unpaired) electrons. The Morgan fingerprint density at radius 3 is 2.42 bits per heavy atom. The van der Waals surface area contributed by atoms with Crippen LogP contribution in [0.4, 0.5) is 0 Å². The van der Waals surface area contributed by atoms with Crippen LogP contribution in [0.15, 0.2) is 0 Å². The third kappa shape index (κ3) is 1.47. The predicted octanol–water partition coefficient (Wildman–Crippen LogP) is 0.940. The van der Waals surface area contributed by atoms with Crippen LogP contribution in [0.5, 0.6) is 0 Å². The highest BCUT2D eigenvalue weighted by Crippen LogP contribution is 2.15. The van der Waals surface area contributed by atoms with Crippen LogP contribution in [0.2, 0.25) is 0 Å². The van der Waals surface area contributed by atoms with Crippen molar-refractivity contribution in [2.24, 2.45) is 5.73 Å². The van der Waals surface area contributed by atoms with E-state index in [4.69, 9.17) is 5.73 Å². The summed E-state index contributed by atoms with van der Waals surface area (Å²) in [5.74, 6) is 0.0514. The summed E-state index contributed by atoms with van der Waals surface area (Å²) in [6, 6.07) is 0. The van der Waals surface area contributed by atoms with E-state index in [1.54, 1.807) is 0 Å². The van der Waals surface area contributed by atoms with E-state index >= 15 is 0 Å². The summed E-state index contributed by atoms with van der Waals surface area (Å²) in [5, 5.41) is 0. The van der Waals surface area contributed by atoms with Gasteiger partial charge in [0.05, 0.1) is 5.69 Å². The Kier molecular flexibility index (Phi) is 2.17. The fourth-order valence-electron chi connectivity index (χ4n) is 1.15. The normalized spacial score (nSPS) is 10.7. The Hall–Kier alpha value is -1.32. The van der Waals surface area contributed by atoms with Crippen LogP contribution < -0.4 is 5.73 Å². The Bertz CT molecular complexity index is 301. The van der Waals surface area contributed by atoms with E-state index in [2.05, 4.69) is 9.97 Å². The SMILES string of the molecule is Cc1[nH]c(C(N)=O)nc1C(C)C. The number of nitrogens with zero attached hydrogens (tertiary/aromatic N) is 1. The van der Waals surface area contributed by atoms with Gasteiger partial charge < -0.3 is 10.7 Å². The number of H-pyrrole nitrogens is 1. The maximum atomic E-state index is 10.7. The van der Waals surface area contributed by atoms with Gasteiger partial charge in [0.25, 0.3) is 5.91 Å². The molecule has 0 atom stereocenters. The summed E-state index contributed by atoms with van der Waals surface area (Å²) in [7, 11) is 0. The number of imidazole rings is 1. The number of carbonyl (C=O) groups excluding carboxylic acids is 1. The zero-order valence-corrected chi connectivity index (χ0v) is 7.51. The Balaban J connectivity index is 3.09. The van der Waals surface area contributed by atoms with Gasteiger partial charge in [0.2, 0.25) is 0 Å². The van der Waals surface area contributed by atoms with Crippen LogP contribution >= 0.6 is 0 Å². The predicted molar refractivity (Wildman–Crippen MR) is 45.9 cm³/mol. The smallest absolute Gasteiger partial charge is 0.284 e. The summed E-state index contributed by atoms with van der Waals surface area (Å²) < 4.78 is 0. The Labute approximate surface area is 71.2 Å². The molecule has 0 spiro atoms. The number of aromatic nitrogens is 2. The first-order chi connectivity index (χ1) is 5.52. The monoisotopic (exact) mass is 167 g/mol. The van der Waals surface area contributed by atoms with Crippen molar-refractivity contribution < 1.29 is 4.79 Å². The number of amides is 1. The maximum Gasteiger partial charge on any atom is 0.284 e. The van der Waals surface area contributed by atoms with E-state index in [-0.39, 0.29) is 5.82 Å². The zero-order valence-electron chi connectivity index (χ0n) is 7.51. The molecule has 1 amide bonds. The van der Waals surface area contributed by atoms with Gasteiger partial charge in [-0.2, -0.15) is 0 Å². The molecule has 12 heavy (non-hydrogen) atoms. The summed E-state index contributed by atoms with van der Waals surface area (Å²) in [5.41, 5.74) is 6.89. The van der Waals surface area contributed by atoms with Gasteiger partial charge in [0, 0.05) is 5.69 Å². The van der Waals surface area contributed by atoms with Crippen molar-refractivity contribution in [1.29, 1.82) is 0 Å². The molecule has 0 fully saturated rings. The van der Waals surface area contributed by atoms with Crippen LogP contribution in [0, 0.1) is 6.92 Å². The molecular formula is C8H13N3O. The van der Waals surface area contributed by atoms with E-state index in [9.17, 15) is 4.79 Å². The Morgan fingerprint density at radius 1 is 1.58 bits per heavy atom. The van der Waals surface area contributed by atoms with E-state index in [0.29, 0.717) is 5.92 Å². The van der Waals surface area contributed by atoms with E-state index in [0.717, 1.165) is 11.4 Å². The summed E-state index contributed by atoms with van der Waals surface area (Å²) in [6.45, 7) is 5.93. The minimum atomic E-state index is -0.509. The number of nitrogens with two attached hydrogens (primary N) is 1. The zero-order chi connectivity index (χ0) is 9.30. The first-order valence-electron chi connectivity index (χ1n) is 3.88. The molecular weight excluding hydrogens is 154 g/mol. The van der Waals surface area contributed by atoms with Crippen LogP contribution in [0.25, 0.3) is 0 Å². The average molecular weight is 167 g/mol. The third-order valence-electron chi connectivity index (χ3n) is 1.70. The second kappa shape index (κ2) is 2.97. The van der Waals surface area contributed by atoms with E-state index < -0.39 is 5.91 Å². The minimum absolute atomic E-state index is 0.246. The van der Waals surface area contributed by atoms with Crippen molar-refractivity contribution in [3.63, 3.8) is 0 Å². The van der Waals surface area contributed by atoms with Crippen molar-refractivity contribution in [3.05, 3.63) is 17.2 Å². The van der Waals surface area contributed by atoms with Gasteiger partial charge in [-0.1, -0.05) is 13.8 Å². The molecule has 1 heterocycles. The largest absolute Gasteiger partial charge is 0.363 e. The lowest BCUT2D eigenvalue weighted by atomic mass is 10.1. The lowest BCUT2D eigenvalue weighted by molar-refractivity contribution is 0.0991. The fraction of sp³-hybridized carbons (Fsp3) is 0.500. The van der Waals surface area contributed by atoms with E-state index in [1.165, 1.54) is 0 Å². The standard InChI is InChI=1S/C8H13N3O/c1-4(2)6-5(3)10-8(11-6)7(9)12/h4H,1-3H3,(H2,9,12)(H,10,11). The topological polar surface area (TPSA) is 71.8 Å². The Morgan fingerprint density at radius 2 is 2.17 bits per heavy atom. The lowest BCUT2D eigenvalue weighted by Crippen LogP contribution is -2.12. The molecule has 4 heteroatoms. The minimum Gasteiger partial charge on any atom is -0.363 e. The van der Waals surface area contributed by atoms with Crippen molar-refractivity contribution >= 4 is 5.91 Å². The molecule has 4 nitrogen and oxygen atoms in total. The van der Waals surface area contributed by atoms with Gasteiger partial charge in [-0.3, -0.25) is 4.79 Å². The number of primary amides is 1. The molecule has 3 N–H and O–H groups in total.